The lowest BCUT2D eigenvalue weighted by molar-refractivity contribution is 0.102. The number of methoxy groups -OCH3 is 2. The summed E-state index contributed by atoms with van der Waals surface area (Å²) < 4.78 is 10.4. The molecule has 1 N–H and O–H groups in total. The van der Waals surface area contributed by atoms with E-state index in [9.17, 15) is 4.79 Å². The molecule has 1 aromatic carbocycles. The van der Waals surface area contributed by atoms with Gasteiger partial charge in [-0.25, -0.2) is 4.98 Å². The Bertz CT molecular complexity index is 702. The van der Waals surface area contributed by atoms with Crippen molar-refractivity contribution >= 4 is 17.4 Å². The molecule has 0 radical (unpaired) electrons. The number of ether oxygens (including phenoxy) is 2. The van der Waals surface area contributed by atoms with Crippen molar-refractivity contribution < 1.29 is 14.3 Å². The molecule has 0 unspecified atom stereocenters. The Balaban J connectivity index is 2.05. The molecule has 134 valence electrons. The van der Waals surface area contributed by atoms with Gasteiger partial charge in [0.05, 0.1) is 26.1 Å². The van der Waals surface area contributed by atoms with Crippen LogP contribution in [0.3, 0.4) is 0 Å². The van der Waals surface area contributed by atoms with E-state index in [0.717, 1.165) is 25.2 Å². The van der Waals surface area contributed by atoms with E-state index in [4.69, 9.17) is 9.47 Å². The Morgan fingerprint density at radius 1 is 1.16 bits per heavy atom. The summed E-state index contributed by atoms with van der Waals surface area (Å²) in [4.78, 5) is 18.9. The van der Waals surface area contributed by atoms with Gasteiger partial charge in [-0.3, -0.25) is 4.79 Å². The van der Waals surface area contributed by atoms with Crippen LogP contribution in [0, 0.1) is 0 Å². The van der Waals surface area contributed by atoms with Gasteiger partial charge < -0.3 is 19.7 Å². The Kier molecular flexibility index (Phi) is 6.62. The predicted molar refractivity (Wildman–Crippen MR) is 99.9 cm³/mol. The summed E-state index contributed by atoms with van der Waals surface area (Å²) in [6, 6.07) is 8.80. The lowest BCUT2D eigenvalue weighted by Gasteiger charge is -2.17. The fraction of sp³-hybridized carbons (Fsp3) is 0.368. The summed E-state index contributed by atoms with van der Waals surface area (Å²) >= 11 is 0. The average Bonchev–Trinajstić information content (AvgIpc) is 2.65. The molecule has 0 aliphatic rings. The molecule has 6 nitrogen and oxygen atoms in total. The van der Waals surface area contributed by atoms with Crippen molar-refractivity contribution in [2.75, 3.05) is 38.0 Å². The Morgan fingerprint density at radius 3 is 2.52 bits per heavy atom. The zero-order chi connectivity index (χ0) is 18.2. The normalized spacial score (nSPS) is 10.2. The minimum Gasteiger partial charge on any atom is -0.493 e. The van der Waals surface area contributed by atoms with Crippen molar-refractivity contribution in [2.24, 2.45) is 0 Å². The molecule has 0 atom stereocenters. The summed E-state index contributed by atoms with van der Waals surface area (Å²) in [6.45, 7) is 3.12. The first kappa shape index (κ1) is 18.6. The highest BCUT2D eigenvalue weighted by Crippen LogP contribution is 2.27. The van der Waals surface area contributed by atoms with Crippen LogP contribution in [-0.4, -0.2) is 38.7 Å². The summed E-state index contributed by atoms with van der Waals surface area (Å²) in [5.74, 6) is 1.76. The van der Waals surface area contributed by atoms with Crippen molar-refractivity contribution in [1.82, 2.24) is 4.98 Å². The van der Waals surface area contributed by atoms with Crippen molar-refractivity contribution in [3.8, 4) is 11.5 Å². The van der Waals surface area contributed by atoms with Gasteiger partial charge in [-0.2, -0.15) is 0 Å². The number of anilines is 2. The van der Waals surface area contributed by atoms with Gasteiger partial charge in [0.2, 0.25) is 0 Å². The molecule has 0 fully saturated rings. The first-order chi connectivity index (χ1) is 12.1. The van der Waals surface area contributed by atoms with Crippen molar-refractivity contribution in [1.29, 1.82) is 0 Å². The number of amides is 1. The summed E-state index contributed by atoms with van der Waals surface area (Å²) in [7, 11) is 5.11. The van der Waals surface area contributed by atoms with E-state index >= 15 is 0 Å². The molecule has 0 aliphatic carbocycles. The van der Waals surface area contributed by atoms with Crippen LogP contribution in [0.15, 0.2) is 36.5 Å². The van der Waals surface area contributed by atoms with Gasteiger partial charge in [0, 0.05) is 19.2 Å². The fourth-order valence-corrected chi connectivity index (χ4v) is 2.38. The molecule has 1 heterocycles. The number of rotatable bonds is 8. The number of nitrogens with zero attached hydrogens (tertiary/aromatic N) is 2. The number of carbonyl (C=O) groups is 1. The van der Waals surface area contributed by atoms with Crippen LogP contribution < -0.4 is 19.7 Å². The zero-order valence-corrected chi connectivity index (χ0v) is 15.2. The Hall–Kier alpha value is -2.76. The maximum Gasteiger partial charge on any atom is 0.255 e. The van der Waals surface area contributed by atoms with Gasteiger partial charge in [0.25, 0.3) is 5.91 Å². The molecular weight excluding hydrogens is 318 g/mol. The summed E-state index contributed by atoms with van der Waals surface area (Å²) in [5.41, 5.74) is 1.13. The van der Waals surface area contributed by atoms with Gasteiger partial charge >= 0.3 is 0 Å². The van der Waals surface area contributed by atoms with Gasteiger partial charge in [0.15, 0.2) is 11.5 Å². The molecule has 6 heteroatoms. The van der Waals surface area contributed by atoms with E-state index in [1.54, 1.807) is 31.5 Å². The van der Waals surface area contributed by atoms with Gasteiger partial charge in [-0.1, -0.05) is 13.3 Å². The molecule has 0 saturated carbocycles. The van der Waals surface area contributed by atoms with Gasteiger partial charge in [-0.15, -0.1) is 0 Å². The van der Waals surface area contributed by atoms with Crippen molar-refractivity contribution in [3.05, 3.63) is 42.1 Å². The van der Waals surface area contributed by atoms with E-state index < -0.39 is 0 Å². The largest absolute Gasteiger partial charge is 0.493 e. The number of benzene rings is 1. The minimum atomic E-state index is -0.227. The topological polar surface area (TPSA) is 63.7 Å². The number of hydrogen-bond acceptors (Lipinski definition) is 5. The van der Waals surface area contributed by atoms with E-state index in [2.05, 4.69) is 22.1 Å². The lowest BCUT2D eigenvalue weighted by Crippen LogP contribution is -2.19. The highest BCUT2D eigenvalue weighted by atomic mass is 16.5. The van der Waals surface area contributed by atoms with E-state index in [1.807, 2.05) is 19.2 Å². The van der Waals surface area contributed by atoms with Crippen LogP contribution in [-0.2, 0) is 0 Å². The van der Waals surface area contributed by atoms with Gasteiger partial charge in [0.1, 0.15) is 5.82 Å². The molecule has 1 aromatic heterocycles. The maximum absolute atomic E-state index is 12.4. The number of unbranched alkanes of at least 4 members (excludes halogenated alkanes) is 1. The first-order valence-electron chi connectivity index (χ1n) is 8.29. The van der Waals surface area contributed by atoms with E-state index in [0.29, 0.717) is 22.7 Å². The third kappa shape index (κ3) is 4.86. The molecule has 25 heavy (non-hydrogen) atoms. The van der Waals surface area contributed by atoms with Crippen LogP contribution in [0.4, 0.5) is 11.5 Å². The second-order valence-corrected chi connectivity index (χ2v) is 5.70. The molecule has 0 aliphatic heterocycles. The van der Waals surface area contributed by atoms with Crippen LogP contribution in [0.2, 0.25) is 0 Å². The van der Waals surface area contributed by atoms with Crippen LogP contribution in [0.5, 0.6) is 11.5 Å². The lowest BCUT2D eigenvalue weighted by atomic mass is 10.2. The number of pyridine rings is 1. The third-order valence-electron chi connectivity index (χ3n) is 3.89. The van der Waals surface area contributed by atoms with Gasteiger partial charge in [-0.05, 0) is 36.8 Å². The third-order valence-corrected chi connectivity index (χ3v) is 3.89. The van der Waals surface area contributed by atoms with Crippen LogP contribution in [0.1, 0.15) is 30.1 Å². The summed E-state index contributed by atoms with van der Waals surface area (Å²) in [6.07, 6.45) is 3.93. The maximum atomic E-state index is 12.4. The first-order valence-corrected chi connectivity index (χ1v) is 8.29. The van der Waals surface area contributed by atoms with E-state index in [1.165, 1.54) is 7.11 Å². The quantitative estimate of drug-likeness (QED) is 0.793. The molecule has 0 saturated heterocycles. The molecule has 2 aromatic rings. The standard InChI is InChI=1S/C19H25N3O3/c1-5-6-11-22(2)18-10-8-15(13-20-18)21-19(23)14-7-9-16(24-3)17(12-14)25-4/h7-10,12-13H,5-6,11H2,1-4H3,(H,21,23). The number of carbonyl (C=O) groups excluding carboxylic acids is 1. The zero-order valence-electron chi connectivity index (χ0n) is 15.2. The second-order valence-electron chi connectivity index (χ2n) is 5.70. The minimum absolute atomic E-state index is 0.227. The highest BCUT2D eigenvalue weighted by Gasteiger charge is 2.11. The Morgan fingerprint density at radius 2 is 1.92 bits per heavy atom. The van der Waals surface area contributed by atoms with Crippen molar-refractivity contribution in [2.45, 2.75) is 19.8 Å². The molecular formula is C19H25N3O3. The SMILES string of the molecule is CCCCN(C)c1ccc(NC(=O)c2ccc(OC)c(OC)c2)cn1. The van der Waals surface area contributed by atoms with Crippen molar-refractivity contribution in [3.63, 3.8) is 0 Å². The smallest absolute Gasteiger partial charge is 0.255 e. The monoisotopic (exact) mass is 343 g/mol. The predicted octanol–water partition coefficient (Wildman–Crippen LogP) is 3.59. The fourth-order valence-electron chi connectivity index (χ4n) is 2.38. The number of hydrogen-bond donors (Lipinski definition) is 1. The van der Waals surface area contributed by atoms with E-state index in [-0.39, 0.29) is 5.91 Å². The molecule has 0 spiro atoms. The second kappa shape index (κ2) is 8.92. The summed E-state index contributed by atoms with van der Waals surface area (Å²) in [5, 5.41) is 2.84. The van der Waals surface area contributed by atoms with Crippen LogP contribution in [0.25, 0.3) is 0 Å². The average molecular weight is 343 g/mol. The molecule has 1 amide bonds. The number of aromatic nitrogens is 1. The van der Waals surface area contributed by atoms with Crippen LogP contribution >= 0.6 is 0 Å². The Labute approximate surface area is 148 Å². The molecule has 0 bridgehead atoms. The molecule has 2 rings (SSSR count). The number of nitrogens with one attached hydrogen (secondary N) is 1. The highest BCUT2D eigenvalue weighted by molar-refractivity contribution is 6.04.